The number of carboxylic acids is 1. The number of carboxylic acid groups (broad SMARTS) is 1. The molecule has 254 valence electrons. The number of imide groups is 1. The Hall–Kier alpha value is -4.87. The Bertz CT molecular complexity index is 1510. The predicted octanol–water partition coefficient (Wildman–Crippen LogP) is 7.65. The maximum Gasteiger partial charge on any atom is 0.425 e. The van der Waals surface area contributed by atoms with Crippen molar-refractivity contribution in [1.29, 1.82) is 0 Å². The minimum Gasteiger partial charge on any atom is -0.494 e. The van der Waals surface area contributed by atoms with Crippen LogP contribution in [0.1, 0.15) is 85.8 Å². The van der Waals surface area contributed by atoms with Gasteiger partial charge in [-0.1, -0.05) is 25.5 Å². The van der Waals surface area contributed by atoms with Crippen LogP contribution in [0.25, 0.3) is 10.8 Å². The van der Waals surface area contributed by atoms with Crippen LogP contribution in [0.15, 0.2) is 54.7 Å². The summed E-state index contributed by atoms with van der Waals surface area (Å²) in [5, 5.41) is 14.1. The fraction of sp³-hybridized carbons (Fsp3) is 0.457. The molecule has 0 radical (unpaired) electrons. The highest BCUT2D eigenvalue weighted by Crippen LogP contribution is 2.31. The van der Waals surface area contributed by atoms with E-state index in [2.05, 4.69) is 10.3 Å². The van der Waals surface area contributed by atoms with E-state index in [-0.39, 0.29) is 18.2 Å². The summed E-state index contributed by atoms with van der Waals surface area (Å²) in [6.07, 6.45) is 2.10. The second kappa shape index (κ2) is 16.1. The summed E-state index contributed by atoms with van der Waals surface area (Å²) in [4.78, 5) is 55.5. The monoisotopic (exact) mass is 651 g/mol. The fourth-order valence-corrected chi connectivity index (χ4v) is 4.31. The third kappa shape index (κ3) is 11.5. The maximum atomic E-state index is 13.2. The summed E-state index contributed by atoms with van der Waals surface area (Å²) in [6.45, 7) is 12.9. The molecule has 0 aliphatic heterocycles. The van der Waals surface area contributed by atoms with E-state index in [9.17, 15) is 24.3 Å². The van der Waals surface area contributed by atoms with Crippen molar-refractivity contribution in [1.82, 2.24) is 4.98 Å². The van der Waals surface area contributed by atoms with Crippen LogP contribution in [-0.4, -0.2) is 58.6 Å². The number of nitrogens with one attached hydrogen (secondary N) is 1. The number of esters is 1. The lowest BCUT2D eigenvalue weighted by Crippen LogP contribution is -2.44. The van der Waals surface area contributed by atoms with Crippen LogP contribution in [-0.2, 0) is 23.8 Å². The highest BCUT2D eigenvalue weighted by molar-refractivity contribution is 6.14. The van der Waals surface area contributed by atoms with Gasteiger partial charge in [0.25, 0.3) is 0 Å². The predicted molar refractivity (Wildman–Crippen MR) is 178 cm³/mol. The van der Waals surface area contributed by atoms with Crippen LogP contribution in [0.3, 0.4) is 0 Å². The molecule has 0 bridgehead atoms. The van der Waals surface area contributed by atoms with Crippen LogP contribution in [0.5, 0.6) is 5.75 Å². The first-order valence-electron chi connectivity index (χ1n) is 15.6. The number of rotatable bonds is 13. The quantitative estimate of drug-likeness (QED) is 0.106. The number of pyridine rings is 1. The van der Waals surface area contributed by atoms with Gasteiger partial charge in [0.1, 0.15) is 17.0 Å². The van der Waals surface area contributed by atoms with E-state index in [1.807, 2.05) is 6.92 Å². The van der Waals surface area contributed by atoms with Crippen molar-refractivity contribution >= 4 is 46.4 Å². The normalized spacial score (nSPS) is 12.1. The van der Waals surface area contributed by atoms with E-state index < -0.39 is 35.4 Å². The molecule has 2 amide bonds. The molecule has 2 aromatic carbocycles. The first-order valence-corrected chi connectivity index (χ1v) is 15.6. The molecule has 1 aromatic heterocycles. The minimum absolute atomic E-state index is 0.0105. The van der Waals surface area contributed by atoms with E-state index in [0.717, 1.165) is 17.7 Å². The molecule has 0 aliphatic carbocycles. The van der Waals surface area contributed by atoms with E-state index in [0.29, 0.717) is 47.4 Å². The van der Waals surface area contributed by atoms with Crippen molar-refractivity contribution in [3.8, 4) is 5.75 Å². The lowest BCUT2D eigenvalue weighted by Gasteiger charge is -2.28. The third-order valence-electron chi connectivity index (χ3n) is 6.43. The summed E-state index contributed by atoms with van der Waals surface area (Å²) < 4.78 is 21.8. The van der Waals surface area contributed by atoms with Crippen LogP contribution in [0, 0.1) is 0 Å². The largest absolute Gasteiger partial charge is 0.494 e. The first-order chi connectivity index (χ1) is 22.1. The second-order valence-corrected chi connectivity index (χ2v) is 12.9. The Labute approximate surface area is 275 Å². The number of aromatic nitrogens is 1. The summed E-state index contributed by atoms with van der Waals surface area (Å²) in [5.74, 6) is -0.798. The van der Waals surface area contributed by atoms with Gasteiger partial charge < -0.3 is 29.4 Å². The Morgan fingerprint density at radius 1 is 0.872 bits per heavy atom. The third-order valence-corrected chi connectivity index (χ3v) is 6.43. The Balaban J connectivity index is 1.77. The van der Waals surface area contributed by atoms with Gasteiger partial charge in [0.15, 0.2) is 11.9 Å². The minimum atomic E-state index is -1.10. The molecule has 1 heterocycles. The number of nitrogens with zero attached hydrogens (tertiary/aromatic N) is 2. The number of anilines is 2. The van der Waals surface area contributed by atoms with Gasteiger partial charge in [0, 0.05) is 23.7 Å². The molecule has 3 rings (SSSR count). The van der Waals surface area contributed by atoms with Gasteiger partial charge in [-0.15, -0.1) is 0 Å². The van der Waals surface area contributed by atoms with Crippen molar-refractivity contribution in [3.63, 3.8) is 0 Å². The van der Waals surface area contributed by atoms with Gasteiger partial charge >= 0.3 is 24.1 Å². The highest BCUT2D eigenvalue weighted by Gasteiger charge is 2.34. The molecule has 1 unspecified atom stereocenters. The topological polar surface area (TPSA) is 154 Å². The van der Waals surface area contributed by atoms with Gasteiger partial charge in [0.05, 0.1) is 13.2 Å². The van der Waals surface area contributed by atoms with E-state index in [1.165, 1.54) is 6.20 Å². The smallest absolute Gasteiger partial charge is 0.425 e. The van der Waals surface area contributed by atoms with Crippen molar-refractivity contribution in [2.75, 3.05) is 23.4 Å². The number of amides is 2. The standard InChI is InChI=1S/C35H45N3O9/c1-8-9-20-45-28(39)11-10-21-44-26-15-12-23(13-16-26)29(31(40)41)37-25-14-17-27-24(22-25)18-19-36-30(27)38(32(42)46-34(2,3)4)33(43)47-35(5,6)7/h12-19,22,29,37H,8-11,20-21H2,1-7H3,(H,40,41). The Morgan fingerprint density at radius 2 is 1.51 bits per heavy atom. The number of ether oxygens (including phenoxy) is 4. The van der Waals surface area contributed by atoms with Crippen LogP contribution in [0.2, 0.25) is 0 Å². The van der Waals surface area contributed by atoms with E-state index in [1.54, 1.807) is 90.1 Å². The number of unbranched alkanes of at least 4 members (excludes halogenated alkanes) is 1. The molecule has 0 saturated heterocycles. The molecule has 1 atom stereocenters. The number of benzene rings is 2. The van der Waals surface area contributed by atoms with E-state index >= 15 is 0 Å². The van der Waals surface area contributed by atoms with E-state index in [4.69, 9.17) is 18.9 Å². The average molecular weight is 652 g/mol. The molecule has 12 nitrogen and oxygen atoms in total. The molecular formula is C35H45N3O9. The maximum absolute atomic E-state index is 13.2. The lowest BCUT2D eigenvalue weighted by atomic mass is 10.1. The molecule has 12 heteroatoms. The van der Waals surface area contributed by atoms with Crippen LogP contribution < -0.4 is 15.0 Å². The van der Waals surface area contributed by atoms with Gasteiger partial charge in [-0.3, -0.25) is 4.79 Å². The number of carbonyl (C=O) groups excluding carboxylic acids is 3. The fourth-order valence-electron chi connectivity index (χ4n) is 4.31. The molecule has 0 spiro atoms. The lowest BCUT2D eigenvalue weighted by molar-refractivity contribution is -0.144. The van der Waals surface area contributed by atoms with Gasteiger partial charge in [0.2, 0.25) is 0 Å². The summed E-state index contributed by atoms with van der Waals surface area (Å²) in [7, 11) is 0. The number of hydrogen-bond acceptors (Lipinski definition) is 10. The van der Waals surface area contributed by atoms with Crippen molar-refractivity contribution in [3.05, 3.63) is 60.3 Å². The molecule has 2 N–H and O–H groups in total. The first kappa shape index (κ1) is 36.6. The van der Waals surface area contributed by atoms with Crippen molar-refractivity contribution in [2.45, 2.75) is 91.4 Å². The zero-order chi connectivity index (χ0) is 34.8. The Morgan fingerprint density at radius 3 is 2.09 bits per heavy atom. The SMILES string of the molecule is CCCCOC(=O)CCCOc1ccc(C(Nc2ccc3c(N(C(=O)OC(C)(C)C)C(=O)OC(C)(C)C)nccc3c2)C(=O)O)cc1. The number of fused-ring (bicyclic) bond motifs is 1. The average Bonchev–Trinajstić information content (AvgIpc) is 2.97. The van der Waals surface area contributed by atoms with Crippen molar-refractivity contribution < 1.29 is 43.2 Å². The summed E-state index contributed by atoms with van der Waals surface area (Å²) >= 11 is 0. The number of hydrogen-bond donors (Lipinski definition) is 2. The molecular weight excluding hydrogens is 606 g/mol. The summed E-state index contributed by atoms with van der Waals surface area (Å²) in [6, 6.07) is 12.2. The summed E-state index contributed by atoms with van der Waals surface area (Å²) in [5.41, 5.74) is -0.813. The zero-order valence-electron chi connectivity index (χ0n) is 28.1. The van der Waals surface area contributed by atoms with Gasteiger partial charge in [-0.2, -0.15) is 4.90 Å². The number of aliphatic carboxylic acids is 1. The molecule has 3 aromatic rings. The molecule has 47 heavy (non-hydrogen) atoms. The molecule has 0 aliphatic rings. The van der Waals surface area contributed by atoms with Gasteiger partial charge in [-0.05, 0) is 102 Å². The second-order valence-electron chi connectivity index (χ2n) is 12.9. The molecule has 0 fully saturated rings. The zero-order valence-corrected chi connectivity index (χ0v) is 28.1. The van der Waals surface area contributed by atoms with Crippen molar-refractivity contribution in [2.24, 2.45) is 0 Å². The van der Waals surface area contributed by atoms with Crippen LogP contribution >= 0.6 is 0 Å². The number of carbonyl (C=O) groups is 4. The highest BCUT2D eigenvalue weighted by atomic mass is 16.6. The van der Waals surface area contributed by atoms with Crippen LogP contribution in [0.4, 0.5) is 21.1 Å². The van der Waals surface area contributed by atoms with Gasteiger partial charge in [-0.25, -0.2) is 19.4 Å². The molecule has 0 saturated carbocycles. The Kier molecular flexibility index (Phi) is 12.5.